The van der Waals surface area contributed by atoms with Gasteiger partial charge in [0.05, 0.1) is 5.69 Å². The molecule has 2 rings (SSSR count). The second-order valence-electron chi connectivity index (χ2n) is 4.84. The van der Waals surface area contributed by atoms with Crippen molar-refractivity contribution >= 4 is 21.8 Å². The summed E-state index contributed by atoms with van der Waals surface area (Å²) in [6.07, 6.45) is 1.77. The van der Waals surface area contributed by atoms with Crippen LogP contribution in [0.3, 0.4) is 0 Å². The lowest BCUT2D eigenvalue weighted by Crippen LogP contribution is -2.22. The molecular weight excluding hydrogens is 320 g/mol. The van der Waals surface area contributed by atoms with Crippen LogP contribution in [0.5, 0.6) is 0 Å². The molecule has 0 saturated heterocycles. The Kier molecular flexibility index (Phi) is 4.25. The molecule has 0 aliphatic carbocycles. The molecule has 2 aromatic rings. The molecule has 0 unspecified atom stereocenters. The van der Waals surface area contributed by atoms with Crippen molar-refractivity contribution in [3.8, 4) is 5.69 Å². The topological polar surface area (TPSA) is 64.2 Å². The Morgan fingerprint density at radius 2 is 2.10 bits per heavy atom. The summed E-state index contributed by atoms with van der Waals surface area (Å²) in [7, 11) is 3.41. The molecule has 0 aliphatic rings. The van der Waals surface area contributed by atoms with E-state index >= 15 is 0 Å². The summed E-state index contributed by atoms with van der Waals surface area (Å²) in [5, 5.41) is 4.29. The minimum Gasteiger partial charge on any atom is -0.343 e. The van der Waals surface area contributed by atoms with Crippen LogP contribution in [0, 0.1) is 0 Å². The summed E-state index contributed by atoms with van der Waals surface area (Å²) in [6.45, 7) is 1.93. The Bertz CT molecular complexity index is 634. The van der Waals surface area contributed by atoms with Gasteiger partial charge in [-0.2, -0.15) is 5.10 Å². The Morgan fingerprint density at radius 1 is 1.40 bits per heavy atom. The quantitative estimate of drug-likeness (QED) is 0.935. The Morgan fingerprint density at radius 3 is 2.65 bits per heavy atom. The number of aromatic nitrogens is 2. The van der Waals surface area contributed by atoms with Crippen LogP contribution in [-0.4, -0.2) is 34.7 Å². The van der Waals surface area contributed by atoms with Crippen molar-refractivity contribution < 1.29 is 4.79 Å². The van der Waals surface area contributed by atoms with Crippen molar-refractivity contribution in [3.05, 3.63) is 46.2 Å². The lowest BCUT2D eigenvalue weighted by Gasteiger charge is -2.10. The van der Waals surface area contributed by atoms with Gasteiger partial charge in [0.2, 0.25) is 0 Å². The molecule has 0 fully saturated rings. The number of halogens is 1. The molecule has 1 aromatic carbocycles. The van der Waals surface area contributed by atoms with E-state index in [1.54, 1.807) is 31.0 Å². The van der Waals surface area contributed by atoms with Crippen LogP contribution in [0.2, 0.25) is 0 Å². The number of rotatable bonds is 3. The van der Waals surface area contributed by atoms with Gasteiger partial charge >= 0.3 is 0 Å². The van der Waals surface area contributed by atoms with E-state index in [1.165, 1.54) is 4.90 Å². The zero-order valence-corrected chi connectivity index (χ0v) is 13.3. The van der Waals surface area contributed by atoms with Crippen LogP contribution in [0.25, 0.3) is 5.69 Å². The number of hydrogen-bond acceptors (Lipinski definition) is 3. The van der Waals surface area contributed by atoms with Gasteiger partial charge in [-0.3, -0.25) is 4.79 Å². The number of benzene rings is 1. The average Bonchev–Trinajstić information content (AvgIpc) is 2.86. The zero-order chi connectivity index (χ0) is 14.9. The van der Waals surface area contributed by atoms with Crippen LogP contribution in [-0.2, 0) is 0 Å². The number of carbonyl (C=O) groups excluding carboxylic acids is 1. The van der Waals surface area contributed by atoms with Gasteiger partial charge in [-0.1, -0.05) is 22.0 Å². The molecule has 1 amide bonds. The highest BCUT2D eigenvalue weighted by molar-refractivity contribution is 9.10. The molecule has 1 aromatic heterocycles. The third-order valence-electron chi connectivity index (χ3n) is 2.95. The van der Waals surface area contributed by atoms with Crippen LogP contribution in [0.4, 0.5) is 0 Å². The first-order valence-corrected chi connectivity index (χ1v) is 7.02. The maximum absolute atomic E-state index is 11.8. The van der Waals surface area contributed by atoms with E-state index in [1.807, 2.05) is 25.1 Å². The number of hydrogen-bond donors (Lipinski definition) is 1. The number of nitrogens with zero attached hydrogens (tertiary/aromatic N) is 3. The monoisotopic (exact) mass is 336 g/mol. The molecular formula is C14H17BrN4O. The van der Waals surface area contributed by atoms with Gasteiger partial charge in [-0.25, -0.2) is 4.68 Å². The Balaban J connectivity index is 2.33. The highest BCUT2D eigenvalue weighted by Crippen LogP contribution is 2.24. The van der Waals surface area contributed by atoms with Gasteiger partial charge < -0.3 is 10.6 Å². The summed E-state index contributed by atoms with van der Waals surface area (Å²) in [5.74, 6) is -0.116. The molecule has 0 aliphatic heterocycles. The minimum atomic E-state index is -0.116. The standard InChI is InChI=1S/C14H17BrN4O/c1-9(16)11-5-4-10(8-12(11)15)19-7-6-13(17-19)14(20)18(2)3/h4-9H,16H2,1-3H3/t9-/m1/s1. The first-order chi connectivity index (χ1) is 9.40. The molecule has 0 radical (unpaired) electrons. The van der Waals surface area contributed by atoms with Crippen LogP contribution in [0.1, 0.15) is 29.0 Å². The van der Waals surface area contributed by atoms with Crippen molar-refractivity contribution in [2.45, 2.75) is 13.0 Å². The molecule has 0 spiro atoms. The lowest BCUT2D eigenvalue weighted by atomic mass is 10.1. The first kappa shape index (κ1) is 14.7. The lowest BCUT2D eigenvalue weighted by molar-refractivity contribution is 0.0821. The summed E-state index contributed by atoms with van der Waals surface area (Å²) in [6, 6.07) is 7.49. The molecule has 1 heterocycles. The predicted molar refractivity (Wildman–Crippen MR) is 81.9 cm³/mol. The summed E-state index contributed by atoms with van der Waals surface area (Å²) in [5.41, 5.74) is 8.20. The third kappa shape index (κ3) is 2.91. The Hall–Kier alpha value is -1.66. The molecule has 6 heteroatoms. The molecule has 20 heavy (non-hydrogen) atoms. The van der Waals surface area contributed by atoms with Crippen molar-refractivity contribution in [2.24, 2.45) is 5.73 Å². The van der Waals surface area contributed by atoms with Crippen molar-refractivity contribution in [1.29, 1.82) is 0 Å². The number of amides is 1. The number of carbonyl (C=O) groups is 1. The van der Waals surface area contributed by atoms with E-state index in [4.69, 9.17) is 5.73 Å². The molecule has 5 nitrogen and oxygen atoms in total. The van der Waals surface area contributed by atoms with Gasteiger partial charge in [-0.05, 0) is 30.7 Å². The van der Waals surface area contributed by atoms with Crippen molar-refractivity contribution in [1.82, 2.24) is 14.7 Å². The van der Waals surface area contributed by atoms with E-state index in [2.05, 4.69) is 21.0 Å². The molecule has 106 valence electrons. The highest BCUT2D eigenvalue weighted by Gasteiger charge is 2.13. The zero-order valence-electron chi connectivity index (χ0n) is 11.7. The summed E-state index contributed by atoms with van der Waals surface area (Å²) < 4.78 is 2.60. The van der Waals surface area contributed by atoms with Gasteiger partial charge in [0, 0.05) is 30.8 Å². The normalized spacial score (nSPS) is 12.2. The van der Waals surface area contributed by atoms with E-state index in [0.29, 0.717) is 5.69 Å². The van der Waals surface area contributed by atoms with Crippen LogP contribution < -0.4 is 5.73 Å². The second kappa shape index (κ2) is 5.76. The highest BCUT2D eigenvalue weighted by atomic mass is 79.9. The Labute approximate surface area is 126 Å². The van der Waals surface area contributed by atoms with Gasteiger partial charge in [-0.15, -0.1) is 0 Å². The smallest absolute Gasteiger partial charge is 0.273 e. The maximum atomic E-state index is 11.8. The average molecular weight is 337 g/mol. The van der Waals surface area contributed by atoms with Crippen molar-refractivity contribution in [2.75, 3.05) is 14.1 Å². The van der Waals surface area contributed by atoms with Gasteiger partial charge in [0.25, 0.3) is 5.91 Å². The fraction of sp³-hybridized carbons (Fsp3) is 0.286. The molecule has 2 N–H and O–H groups in total. The van der Waals surface area contributed by atoms with Crippen molar-refractivity contribution in [3.63, 3.8) is 0 Å². The first-order valence-electron chi connectivity index (χ1n) is 6.23. The largest absolute Gasteiger partial charge is 0.343 e. The maximum Gasteiger partial charge on any atom is 0.273 e. The third-order valence-corrected chi connectivity index (χ3v) is 3.64. The predicted octanol–water partition coefficient (Wildman–Crippen LogP) is 2.36. The summed E-state index contributed by atoms with van der Waals surface area (Å²) in [4.78, 5) is 13.3. The SMILES string of the molecule is C[C@@H](N)c1ccc(-n2ccc(C(=O)N(C)C)n2)cc1Br. The van der Waals surface area contributed by atoms with E-state index in [0.717, 1.165) is 15.7 Å². The molecule has 1 atom stereocenters. The van der Waals surface area contributed by atoms with Crippen LogP contribution in [0.15, 0.2) is 34.9 Å². The minimum absolute atomic E-state index is 0.0399. The van der Waals surface area contributed by atoms with Gasteiger partial charge in [0.1, 0.15) is 0 Å². The fourth-order valence-corrected chi connectivity index (χ4v) is 2.57. The second-order valence-corrected chi connectivity index (χ2v) is 5.69. The number of nitrogens with two attached hydrogens (primary N) is 1. The van der Waals surface area contributed by atoms with Gasteiger partial charge in [0.15, 0.2) is 5.69 Å². The molecule has 0 bridgehead atoms. The summed E-state index contributed by atoms with van der Waals surface area (Å²) >= 11 is 3.51. The fourth-order valence-electron chi connectivity index (χ4n) is 1.84. The van der Waals surface area contributed by atoms with E-state index < -0.39 is 0 Å². The van der Waals surface area contributed by atoms with Crippen LogP contribution >= 0.6 is 15.9 Å². The van der Waals surface area contributed by atoms with E-state index in [-0.39, 0.29) is 11.9 Å². The molecule has 0 saturated carbocycles. The van der Waals surface area contributed by atoms with E-state index in [9.17, 15) is 4.79 Å².